The van der Waals surface area contributed by atoms with Gasteiger partial charge >= 0.3 is 0 Å². The van der Waals surface area contributed by atoms with Gasteiger partial charge in [-0.15, -0.1) is 0 Å². The van der Waals surface area contributed by atoms with Crippen molar-refractivity contribution in [3.8, 4) is 11.4 Å². The predicted octanol–water partition coefficient (Wildman–Crippen LogP) is 4.25. The van der Waals surface area contributed by atoms with Gasteiger partial charge in [0.2, 0.25) is 5.91 Å². The number of amides is 2. The van der Waals surface area contributed by atoms with Crippen LogP contribution in [-0.4, -0.2) is 65.7 Å². The summed E-state index contributed by atoms with van der Waals surface area (Å²) in [6.07, 6.45) is 5.00. The maximum atomic E-state index is 14.5. The molecule has 8 rings (SSSR count). The fourth-order valence-corrected chi connectivity index (χ4v) is 7.67. The number of aliphatic hydroxyl groups excluding tert-OH is 1. The molecular formula is C40H38N6O6. The van der Waals surface area contributed by atoms with Crippen LogP contribution in [0.5, 0.6) is 0 Å². The van der Waals surface area contributed by atoms with Crippen molar-refractivity contribution < 1.29 is 19.8 Å². The molecule has 3 atom stereocenters. The summed E-state index contributed by atoms with van der Waals surface area (Å²) in [7, 11) is 0. The number of likely N-dealkylation sites (tertiary alicyclic amines) is 1. The Kier molecular flexibility index (Phi) is 8.27. The molecule has 0 aliphatic carbocycles. The summed E-state index contributed by atoms with van der Waals surface area (Å²) < 4.78 is 2.86. The molecule has 52 heavy (non-hydrogen) atoms. The number of carbonyl (C=O) groups is 2. The van der Waals surface area contributed by atoms with Gasteiger partial charge in [0.25, 0.3) is 17.0 Å². The number of aliphatic hydroxyl groups is 2. The quantitative estimate of drug-likeness (QED) is 0.166. The second kappa shape index (κ2) is 13.0. The molecule has 2 aromatic heterocycles. The zero-order valence-electron chi connectivity index (χ0n) is 28.5. The maximum Gasteiger partial charge on any atom is 0.279 e. The molecule has 4 N–H and O–H groups in total. The monoisotopic (exact) mass is 698 g/mol. The van der Waals surface area contributed by atoms with Crippen molar-refractivity contribution in [2.75, 3.05) is 18.1 Å². The van der Waals surface area contributed by atoms with E-state index in [0.717, 1.165) is 18.4 Å². The minimum absolute atomic E-state index is 0.0616. The molecule has 0 unspecified atom stereocenters. The molecule has 12 nitrogen and oxygen atoms in total. The fraction of sp³-hybridized carbons (Fsp3) is 0.250. The Bertz CT molecular complexity index is 2510. The molecule has 6 aromatic rings. The first kappa shape index (κ1) is 33.2. The lowest BCUT2D eigenvalue weighted by molar-refractivity contribution is -0.139. The van der Waals surface area contributed by atoms with Crippen LogP contribution in [0.3, 0.4) is 0 Å². The van der Waals surface area contributed by atoms with Gasteiger partial charge in [-0.2, -0.15) is 0 Å². The molecule has 264 valence electrons. The summed E-state index contributed by atoms with van der Waals surface area (Å²) in [6.45, 7) is 2.32. The van der Waals surface area contributed by atoms with E-state index in [-0.39, 0.29) is 42.6 Å². The second-order valence-corrected chi connectivity index (χ2v) is 13.6. The van der Waals surface area contributed by atoms with Crippen molar-refractivity contribution in [2.24, 2.45) is 5.92 Å². The number of aromatic amines is 2. The van der Waals surface area contributed by atoms with Gasteiger partial charge in [0.15, 0.2) is 5.60 Å². The standard InChI is InChI=1S/C40H38N6O6/c1-25(9-6-17-36(48)43-20-8-12-29(43)24-47)40(52)32-22-28(46-38(50)31-14-3-5-16-34(31)42-46)18-19-35(32)44(39(40)51)23-26-10-7-11-27(21-26)45-37(49)30-13-2-4-15-33(30)41-45/h2-7,9-11,13-16,18-19,21-22,25,29,41-42,47,52H,8,12,17,20,23-24H2,1H3/b9-6+/t25-,29-,40+/m0/s1. The Morgan fingerprint density at radius 3 is 2.19 bits per heavy atom. The van der Waals surface area contributed by atoms with Gasteiger partial charge in [-0.25, -0.2) is 9.36 Å². The highest BCUT2D eigenvalue weighted by Gasteiger charge is 2.52. The molecule has 1 fully saturated rings. The Morgan fingerprint density at radius 2 is 1.54 bits per heavy atom. The van der Waals surface area contributed by atoms with Crippen LogP contribution in [-0.2, 0) is 21.7 Å². The van der Waals surface area contributed by atoms with Gasteiger partial charge in [-0.3, -0.25) is 29.4 Å². The van der Waals surface area contributed by atoms with Crippen LogP contribution in [0.25, 0.3) is 33.2 Å². The van der Waals surface area contributed by atoms with Gasteiger partial charge in [0, 0.05) is 24.4 Å². The number of para-hydroxylation sites is 2. The van der Waals surface area contributed by atoms with E-state index in [1.165, 1.54) is 14.3 Å². The van der Waals surface area contributed by atoms with E-state index in [9.17, 15) is 29.4 Å². The summed E-state index contributed by atoms with van der Waals surface area (Å²) in [5.74, 6) is -1.45. The molecule has 1 saturated heterocycles. The van der Waals surface area contributed by atoms with Crippen LogP contribution >= 0.6 is 0 Å². The molecule has 0 spiro atoms. The van der Waals surface area contributed by atoms with Gasteiger partial charge in [-0.1, -0.05) is 55.5 Å². The maximum absolute atomic E-state index is 14.5. The van der Waals surface area contributed by atoms with E-state index in [2.05, 4.69) is 10.2 Å². The Morgan fingerprint density at radius 1 is 0.885 bits per heavy atom. The topological polar surface area (TPSA) is 157 Å². The molecule has 0 saturated carbocycles. The number of carbonyl (C=O) groups excluding carboxylic acids is 2. The van der Waals surface area contributed by atoms with Crippen LogP contribution in [0.1, 0.15) is 37.3 Å². The average Bonchev–Trinajstić information content (AvgIpc) is 3.92. The number of anilines is 1. The van der Waals surface area contributed by atoms with E-state index in [1.54, 1.807) is 72.5 Å². The van der Waals surface area contributed by atoms with Gasteiger partial charge in [0.05, 0.1) is 58.1 Å². The van der Waals surface area contributed by atoms with E-state index in [1.807, 2.05) is 42.5 Å². The highest BCUT2D eigenvalue weighted by atomic mass is 16.3. The van der Waals surface area contributed by atoms with Gasteiger partial charge in [-0.05, 0) is 73.0 Å². The van der Waals surface area contributed by atoms with Crippen molar-refractivity contribution in [3.05, 3.63) is 135 Å². The molecule has 2 amide bonds. The first-order valence-corrected chi connectivity index (χ1v) is 17.4. The van der Waals surface area contributed by atoms with Crippen molar-refractivity contribution in [3.63, 3.8) is 0 Å². The van der Waals surface area contributed by atoms with Crippen LogP contribution in [0.15, 0.2) is 113 Å². The van der Waals surface area contributed by atoms with Gasteiger partial charge in [0.1, 0.15) is 0 Å². The van der Waals surface area contributed by atoms with E-state index in [4.69, 9.17) is 0 Å². The highest BCUT2D eigenvalue weighted by molar-refractivity contribution is 6.07. The smallest absolute Gasteiger partial charge is 0.279 e. The molecule has 0 bridgehead atoms. The first-order chi connectivity index (χ1) is 25.2. The molecular weight excluding hydrogens is 660 g/mol. The number of H-pyrrole nitrogens is 2. The van der Waals surface area contributed by atoms with Crippen LogP contribution in [0.2, 0.25) is 0 Å². The second-order valence-electron chi connectivity index (χ2n) is 13.6. The van der Waals surface area contributed by atoms with Gasteiger partial charge < -0.3 is 20.0 Å². The minimum atomic E-state index is -2.03. The fourth-order valence-electron chi connectivity index (χ4n) is 7.67. The number of fused-ring (bicyclic) bond motifs is 3. The average molecular weight is 699 g/mol. The molecule has 2 aliphatic rings. The third-order valence-corrected chi connectivity index (χ3v) is 10.5. The number of hydrogen-bond acceptors (Lipinski definition) is 6. The number of nitrogens with one attached hydrogen (secondary N) is 2. The molecule has 4 aromatic carbocycles. The van der Waals surface area contributed by atoms with E-state index < -0.39 is 17.4 Å². The van der Waals surface area contributed by atoms with Crippen LogP contribution in [0, 0.1) is 5.92 Å². The third-order valence-electron chi connectivity index (χ3n) is 10.5. The first-order valence-electron chi connectivity index (χ1n) is 17.4. The van der Waals surface area contributed by atoms with Crippen molar-refractivity contribution >= 4 is 39.3 Å². The number of hydrogen-bond donors (Lipinski definition) is 4. The van der Waals surface area contributed by atoms with E-state index in [0.29, 0.717) is 51.0 Å². The highest BCUT2D eigenvalue weighted by Crippen LogP contribution is 2.46. The number of rotatable bonds is 9. The summed E-state index contributed by atoms with van der Waals surface area (Å²) >= 11 is 0. The zero-order valence-corrected chi connectivity index (χ0v) is 28.5. The largest absolute Gasteiger partial charge is 0.394 e. The number of nitrogens with zero attached hydrogens (tertiary/aromatic N) is 4. The Hall–Kier alpha value is -5.98. The predicted molar refractivity (Wildman–Crippen MR) is 198 cm³/mol. The van der Waals surface area contributed by atoms with Crippen molar-refractivity contribution in [1.82, 2.24) is 24.5 Å². The van der Waals surface area contributed by atoms with Crippen LogP contribution < -0.4 is 16.0 Å². The SMILES string of the molecule is C[C@@H](/C=C/CC(=O)N1CCC[C@H]1CO)[C@]1(O)C(=O)N(Cc2cccc(-n3[nH]c4ccccc4c3=O)c2)c2ccc(-n3[nH]c4ccccc4c3=O)cc21. The summed E-state index contributed by atoms with van der Waals surface area (Å²) in [5.41, 5.74) is 1.43. The summed E-state index contributed by atoms with van der Waals surface area (Å²) in [5, 5.41) is 29.5. The molecule has 4 heterocycles. The Labute approximate surface area is 297 Å². The third kappa shape index (κ3) is 5.38. The lowest BCUT2D eigenvalue weighted by atomic mass is 9.82. The molecule has 0 radical (unpaired) electrons. The number of benzene rings is 4. The van der Waals surface area contributed by atoms with E-state index >= 15 is 0 Å². The molecule has 2 aliphatic heterocycles. The zero-order chi connectivity index (χ0) is 36.1. The summed E-state index contributed by atoms with van der Waals surface area (Å²) in [6, 6.07) is 26.6. The van der Waals surface area contributed by atoms with Crippen molar-refractivity contribution in [2.45, 2.75) is 44.4 Å². The van der Waals surface area contributed by atoms with Crippen molar-refractivity contribution in [1.29, 1.82) is 0 Å². The minimum Gasteiger partial charge on any atom is -0.394 e. The lowest BCUT2D eigenvalue weighted by Gasteiger charge is -2.28. The number of aromatic nitrogens is 4. The normalized spacial score (nSPS) is 19.4. The lowest BCUT2D eigenvalue weighted by Crippen LogP contribution is -2.44. The Balaban J connectivity index is 1.15. The van der Waals surface area contributed by atoms with Crippen LogP contribution in [0.4, 0.5) is 5.69 Å². The molecule has 12 heteroatoms. The summed E-state index contributed by atoms with van der Waals surface area (Å²) in [4.78, 5) is 57.3.